The molecule has 2 rings (SSSR count). The summed E-state index contributed by atoms with van der Waals surface area (Å²) < 4.78 is 0. The Morgan fingerprint density at radius 2 is 2.33 bits per heavy atom. The number of aromatic amines is 1. The third-order valence-electron chi connectivity index (χ3n) is 3.33. The lowest BCUT2D eigenvalue weighted by Gasteiger charge is -2.15. The van der Waals surface area contributed by atoms with Crippen molar-refractivity contribution in [3.05, 3.63) is 18.1 Å². The molecule has 0 bridgehead atoms. The number of nitrogens with zero attached hydrogens (tertiary/aromatic N) is 2. The first-order chi connectivity index (χ1) is 10.3. The minimum atomic E-state index is 0.0935. The van der Waals surface area contributed by atoms with Crippen LogP contribution in [0.5, 0.6) is 0 Å². The fraction of sp³-hybridized carbons (Fsp3) is 0.571. The predicted octanol–water partition coefficient (Wildman–Crippen LogP) is 1.52. The van der Waals surface area contributed by atoms with Gasteiger partial charge in [-0.25, -0.2) is 9.97 Å². The molecule has 0 spiro atoms. The van der Waals surface area contributed by atoms with Crippen molar-refractivity contribution in [2.45, 2.75) is 32.4 Å². The SMILES string of the molecule is CCCCSC[C@@H](CO)NCc1c[nH]c2c(N)ncnc12. The van der Waals surface area contributed by atoms with Gasteiger partial charge in [-0.3, -0.25) is 0 Å². The summed E-state index contributed by atoms with van der Waals surface area (Å²) in [6, 6.07) is 0.0935. The molecule has 5 N–H and O–H groups in total. The van der Waals surface area contributed by atoms with E-state index in [9.17, 15) is 5.11 Å². The average molecular weight is 309 g/mol. The molecule has 0 aromatic carbocycles. The minimum Gasteiger partial charge on any atom is -0.395 e. The number of nitrogen functional groups attached to an aromatic ring is 1. The highest BCUT2D eigenvalue weighted by molar-refractivity contribution is 7.99. The van der Waals surface area contributed by atoms with Crippen LogP contribution in [0.2, 0.25) is 0 Å². The van der Waals surface area contributed by atoms with E-state index in [2.05, 4.69) is 27.2 Å². The summed E-state index contributed by atoms with van der Waals surface area (Å²) >= 11 is 1.88. The highest BCUT2D eigenvalue weighted by Crippen LogP contribution is 2.19. The first kappa shape index (κ1) is 16.1. The summed E-state index contributed by atoms with van der Waals surface area (Å²) in [5, 5.41) is 12.8. The van der Waals surface area contributed by atoms with Crippen molar-refractivity contribution in [2.75, 3.05) is 23.8 Å². The second kappa shape index (κ2) is 8.21. The molecule has 0 unspecified atom stereocenters. The molecule has 2 aromatic rings. The lowest BCUT2D eigenvalue weighted by atomic mass is 10.2. The quantitative estimate of drug-likeness (QED) is 0.524. The Morgan fingerprint density at radius 1 is 1.48 bits per heavy atom. The fourth-order valence-electron chi connectivity index (χ4n) is 2.05. The van der Waals surface area contributed by atoms with Gasteiger partial charge in [-0.05, 0) is 12.2 Å². The lowest BCUT2D eigenvalue weighted by molar-refractivity contribution is 0.253. The van der Waals surface area contributed by atoms with E-state index < -0.39 is 0 Å². The van der Waals surface area contributed by atoms with Crippen LogP contribution in [0.3, 0.4) is 0 Å². The van der Waals surface area contributed by atoms with Crippen LogP contribution < -0.4 is 11.1 Å². The molecule has 0 saturated heterocycles. The van der Waals surface area contributed by atoms with Crippen molar-refractivity contribution in [2.24, 2.45) is 0 Å². The van der Waals surface area contributed by atoms with Crippen molar-refractivity contribution in [1.29, 1.82) is 0 Å². The summed E-state index contributed by atoms with van der Waals surface area (Å²) in [5.74, 6) is 2.52. The molecule has 0 aliphatic rings. The number of H-pyrrole nitrogens is 1. The highest BCUT2D eigenvalue weighted by atomic mass is 32.2. The molecule has 0 saturated carbocycles. The molecule has 0 radical (unpaired) electrons. The zero-order valence-electron chi connectivity index (χ0n) is 12.3. The summed E-state index contributed by atoms with van der Waals surface area (Å²) in [7, 11) is 0. The molecule has 2 heterocycles. The normalized spacial score (nSPS) is 12.9. The van der Waals surface area contributed by atoms with Crippen LogP contribution in [0.4, 0.5) is 5.82 Å². The molecular weight excluding hydrogens is 286 g/mol. The predicted molar refractivity (Wildman–Crippen MR) is 88.2 cm³/mol. The second-order valence-electron chi connectivity index (χ2n) is 4.99. The van der Waals surface area contributed by atoms with Crippen molar-refractivity contribution < 1.29 is 5.11 Å². The number of anilines is 1. The van der Waals surface area contributed by atoms with E-state index in [0.717, 1.165) is 28.1 Å². The number of rotatable bonds is 9. The molecule has 116 valence electrons. The van der Waals surface area contributed by atoms with Crippen LogP contribution in [0.1, 0.15) is 25.3 Å². The highest BCUT2D eigenvalue weighted by Gasteiger charge is 2.11. The monoisotopic (exact) mass is 309 g/mol. The summed E-state index contributed by atoms with van der Waals surface area (Å²) in [4.78, 5) is 11.3. The number of hydrogen-bond donors (Lipinski definition) is 4. The van der Waals surface area contributed by atoms with Crippen LogP contribution >= 0.6 is 11.8 Å². The molecule has 0 aliphatic heterocycles. The molecule has 6 nitrogen and oxygen atoms in total. The van der Waals surface area contributed by atoms with Crippen LogP contribution in [0, 0.1) is 0 Å². The molecule has 21 heavy (non-hydrogen) atoms. The molecular formula is C14H23N5OS. The topological polar surface area (TPSA) is 99.8 Å². The van der Waals surface area contributed by atoms with Crippen LogP contribution in [0.25, 0.3) is 11.0 Å². The maximum Gasteiger partial charge on any atom is 0.151 e. The van der Waals surface area contributed by atoms with Crippen molar-refractivity contribution >= 4 is 28.6 Å². The molecule has 0 fully saturated rings. The Bertz CT molecular complexity index is 559. The van der Waals surface area contributed by atoms with Gasteiger partial charge in [0.15, 0.2) is 5.82 Å². The number of aromatic nitrogens is 3. The summed E-state index contributed by atoms with van der Waals surface area (Å²) in [5.41, 5.74) is 8.45. The molecule has 0 amide bonds. The molecule has 1 atom stereocenters. The Kier molecular flexibility index (Phi) is 6.28. The van der Waals surface area contributed by atoms with E-state index in [4.69, 9.17) is 5.73 Å². The standard InChI is InChI=1S/C14H23N5OS/c1-2-3-4-21-8-11(7-20)16-5-10-6-17-13-12(10)18-9-19-14(13)15/h6,9,11,16-17,20H,2-5,7-8H2,1H3,(H2,15,18,19)/t11-/m1/s1. The Labute approximate surface area is 128 Å². The zero-order chi connectivity index (χ0) is 15.1. The number of thioether (sulfide) groups is 1. The smallest absolute Gasteiger partial charge is 0.151 e. The Balaban J connectivity index is 1.89. The molecule has 0 aliphatic carbocycles. The fourth-order valence-corrected chi connectivity index (χ4v) is 3.22. The van der Waals surface area contributed by atoms with Gasteiger partial charge in [0.05, 0.1) is 12.1 Å². The van der Waals surface area contributed by atoms with Gasteiger partial charge in [-0.1, -0.05) is 13.3 Å². The van der Waals surface area contributed by atoms with E-state index >= 15 is 0 Å². The maximum absolute atomic E-state index is 9.44. The largest absolute Gasteiger partial charge is 0.395 e. The van der Waals surface area contributed by atoms with Crippen molar-refractivity contribution in [1.82, 2.24) is 20.3 Å². The minimum absolute atomic E-state index is 0.0935. The molecule has 7 heteroatoms. The van der Waals surface area contributed by atoms with Crippen LogP contribution in [0.15, 0.2) is 12.5 Å². The van der Waals surface area contributed by atoms with Crippen molar-refractivity contribution in [3.63, 3.8) is 0 Å². The second-order valence-corrected chi connectivity index (χ2v) is 6.14. The number of aliphatic hydroxyl groups excluding tert-OH is 1. The van der Waals surface area contributed by atoms with E-state index in [1.54, 1.807) is 0 Å². The third kappa shape index (κ3) is 4.33. The first-order valence-electron chi connectivity index (χ1n) is 7.24. The Hall–Kier alpha value is -1.31. The van der Waals surface area contributed by atoms with Gasteiger partial charge in [0, 0.05) is 30.1 Å². The van der Waals surface area contributed by atoms with E-state index in [1.807, 2.05) is 18.0 Å². The lowest BCUT2D eigenvalue weighted by Crippen LogP contribution is -2.34. The van der Waals surface area contributed by atoms with Gasteiger partial charge in [0.2, 0.25) is 0 Å². The maximum atomic E-state index is 9.44. The first-order valence-corrected chi connectivity index (χ1v) is 8.40. The zero-order valence-corrected chi connectivity index (χ0v) is 13.1. The van der Waals surface area contributed by atoms with Crippen LogP contribution in [-0.2, 0) is 6.54 Å². The van der Waals surface area contributed by atoms with Crippen LogP contribution in [-0.4, -0.2) is 44.2 Å². The van der Waals surface area contributed by atoms with Gasteiger partial charge in [-0.2, -0.15) is 11.8 Å². The number of nitrogens with one attached hydrogen (secondary N) is 2. The molecule has 2 aromatic heterocycles. The van der Waals surface area contributed by atoms with Gasteiger partial charge < -0.3 is 21.1 Å². The summed E-state index contributed by atoms with van der Waals surface area (Å²) in [6.07, 6.45) is 5.79. The van der Waals surface area contributed by atoms with Gasteiger partial charge in [0.1, 0.15) is 11.8 Å². The number of hydrogen-bond acceptors (Lipinski definition) is 6. The van der Waals surface area contributed by atoms with Crippen molar-refractivity contribution in [3.8, 4) is 0 Å². The van der Waals surface area contributed by atoms with Gasteiger partial charge in [0.25, 0.3) is 0 Å². The van der Waals surface area contributed by atoms with E-state index in [-0.39, 0.29) is 12.6 Å². The number of fused-ring (bicyclic) bond motifs is 1. The third-order valence-corrected chi connectivity index (χ3v) is 4.55. The van der Waals surface area contributed by atoms with Gasteiger partial charge in [-0.15, -0.1) is 0 Å². The van der Waals surface area contributed by atoms with E-state index in [0.29, 0.717) is 12.4 Å². The number of nitrogens with two attached hydrogens (primary N) is 1. The van der Waals surface area contributed by atoms with Gasteiger partial charge >= 0.3 is 0 Å². The van der Waals surface area contributed by atoms with E-state index in [1.165, 1.54) is 19.2 Å². The summed E-state index contributed by atoms with van der Waals surface area (Å²) in [6.45, 7) is 2.97. The Morgan fingerprint density at radius 3 is 3.10 bits per heavy atom. The number of unbranched alkanes of at least 4 members (excludes halogenated alkanes) is 1. The average Bonchev–Trinajstić information content (AvgIpc) is 2.91. The number of aliphatic hydroxyl groups is 1.